The van der Waals surface area contributed by atoms with Gasteiger partial charge in [0.05, 0.1) is 22.9 Å². The summed E-state index contributed by atoms with van der Waals surface area (Å²) in [5, 5.41) is 0.621. The van der Waals surface area contributed by atoms with E-state index in [1.165, 1.54) is 0 Å². The van der Waals surface area contributed by atoms with Gasteiger partial charge in [0.25, 0.3) is 5.56 Å². The van der Waals surface area contributed by atoms with Gasteiger partial charge in [-0.3, -0.25) is 19.0 Å². The lowest BCUT2D eigenvalue weighted by atomic mass is 10.1. The lowest BCUT2D eigenvalue weighted by Crippen LogP contribution is -2.46. The first kappa shape index (κ1) is 21.1. The predicted octanol–water partition coefficient (Wildman–Crippen LogP) is 1.59. The van der Waals surface area contributed by atoms with E-state index in [1.807, 2.05) is 36.1 Å². The number of amides is 2. The Hall–Kier alpha value is -2.74. The maximum absolute atomic E-state index is 13.6. The van der Waals surface area contributed by atoms with Crippen molar-refractivity contribution < 1.29 is 14.3 Å². The molecule has 0 radical (unpaired) electrons. The Morgan fingerprint density at radius 2 is 1.94 bits per heavy atom. The van der Waals surface area contributed by atoms with Crippen LogP contribution in [0.4, 0.5) is 0 Å². The van der Waals surface area contributed by atoms with Gasteiger partial charge in [0.2, 0.25) is 11.8 Å². The van der Waals surface area contributed by atoms with Crippen LogP contribution in [0.1, 0.15) is 38.4 Å². The number of rotatable bonds is 6. The largest absolute Gasteiger partial charge is 0.382 e. The molecule has 2 aromatic rings. The second kappa shape index (κ2) is 8.65. The van der Waals surface area contributed by atoms with Crippen molar-refractivity contribution in [1.82, 2.24) is 19.4 Å². The van der Waals surface area contributed by atoms with Gasteiger partial charge in [-0.1, -0.05) is 12.1 Å². The highest BCUT2D eigenvalue weighted by Crippen LogP contribution is 2.34. The van der Waals surface area contributed by atoms with Gasteiger partial charge in [0, 0.05) is 51.7 Å². The minimum Gasteiger partial charge on any atom is -0.382 e. The molecule has 32 heavy (non-hydrogen) atoms. The number of hydrogen-bond acceptors (Lipinski definition) is 5. The normalized spacial score (nSPS) is 24.8. The van der Waals surface area contributed by atoms with Gasteiger partial charge in [0.1, 0.15) is 5.82 Å². The molecule has 8 heteroatoms. The van der Waals surface area contributed by atoms with E-state index in [4.69, 9.17) is 9.72 Å². The summed E-state index contributed by atoms with van der Waals surface area (Å²) < 4.78 is 7.14. The zero-order valence-electron chi connectivity index (χ0n) is 18.5. The van der Waals surface area contributed by atoms with Crippen LogP contribution < -0.4 is 5.56 Å². The van der Waals surface area contributed by atoms with Gasteiger partial charge < -0.3 is 14.5 Å². The number of nitrogens with zero attached hydrogens (tertiary/aromatic N) is 4. The molecule has 3 aliphatic heterocycles. The van der Waals surface area contributed by atoms with E-state index < -0.39 is 0 Å². The van der Waals surface area contributed by atoms with Crippen molar-refractivity contribution in [3.05, 3.63) is 40.4 Å². The van der Waals surface area contributed by atoms with Crippen molar-refractivity contribution in [2.24, 2.45) is 5.92 Å². The van der Waals surface area contributed by atoms with Gasteiger partial charge in [0.15, 0.2) is 0 Å². The van der Waals surface area contributed by atoms with Crippen LogP contribution in [-0.2, 0) is 27.3 Å². The van der Waals surface area contributed by atoms with Crippen molar-refractivity contribution in [1.29, 1.82) is 0 Å². The molecule has 0 aliphatic carbocycles. The third-order valence-corrected chi connectivity index (χ3v) is 7.11. The average Bonchev–Trinajstić information content (AvgIpc) is 3.30. The number of aromatic nitrogens is 2. The second-order valence-corrected chi connectivity index (χ2v) is 9.09. The summed E-state index contributed by atoms with van der Waals surface area (Å²) in [5.74, 6) is 0.569. The first-order valence-corrected chi connectivity index (χ1v) is 11.7. The fraction of sp³-hybridized carbons (Fsp3) is 0.583. The third-order valence-electron chi connectivity index (χ3n) is 7.11. The molecule has 2 bridgehead atoms. The summed E-state index contributed by atoms with van der Waals surface area (Å²) in [6, 6.07) is 7.45. The van der Waals surface area contributed by atoms with Crippen LogP contribution in [-0.4, -0.2) is 69.6 Å². The van der Waals surface area contributed by atoms with Crippen LogP contribution >= 0.6 is 0 Å². The van der Waals surface area contributed by atoms with Crippen molar-refractivity contribution >= 4 is 22.7 Å². The summed E-state index contributed by atoms with van der Waals surface area (Å²) in [7, 11) is 0. The predicted molar refractivity (Wildman–Crippen MR) is 119 cm³/mol. The van der Waals surface area contributed by atoms with Gasteiger partial charge in [-0.25, -0.2) is 4.98 Å². The molecule has 0 saturated carbocycles. The molecule has 170 valence electrons. The second-order valence-electron chi connectivity index (χ2n) is 9.09. The van der Waals surface area contributed by atoms with Gasteiger partial charge >= 0.3 is 0 Å². The van der Waals surface area contributed by atoms with Crippen LogP contribution in [0.3, 0.4) is 0 Å². The number of fused-ring (bicyclic) bond motifs is 4. The van der Waals surface area contributed by atoms with Crippen LogP contribution in [0.15, 0.2) is 29.1 Å². The van der Waals surface area contributed by atoms with E-state index in [0.717, 1.165) is 25.1 Å². The quantitative estimate of drug-likeness (QED) is 0.640. The van der Waals surface area contributed by atoms with Crippen LogP contribution in [0.25, 0.3) is 10.9 Å². The molecule has 4 heterocycles. The molecule has 8 nitrogen and oxygen atoms in total. The van der Waals surface area contributed by atoms with Crippen LogP contribution in [0.2, 0.25) is 0 Å². The molecule has 1 aromatic carbocycles. The molecule has 0 unspecified atom stereocenters. The number of likely N-dealkylation sites (tertiary alicyclic amines) is 1. The van der Waals surface area contributed by atoms with E-state index in [-0.39, 0.29) is 41.8 Å². The van der Waals surface area contributed by atoms with E-state index in [2.05, 4.69) is 0 Å². The van der Waals surface area contributed by atoms with E-state index in [0.29, 0.717) is 50.2 Å². The zero-order chi connectivity index (χ0) is 22.2. The van der Waals surface area contributed by atoms with Crippen molar-refractivity contribution in [2.75, 3.05) is 26.3 Å². The van der Waals surface area contributed by atoms with E-state index in [9.17, 15) is 14.4 Å². The first-order valence-electron chi connectivity index (χ1n) is 11.7. The maximum atomic E-state index is 13.6. The highest BCUT2D eigenvalue weighted by atomic mass is 16.5. The Morgan fingerprint density at radius 1 is 1.12 bits per heavy atom. The average molecular weight is 439 g/mol. The molecular weight excluding hydrogens is 408 g/mol. The van der Waals surface area contributed by atoms with Gasteiger partial charge in [-0.15, -0.1) is 0 Å². The van der Waals surface area contributed by atoms with Crippen molar-refractivity contribution in [2.45, 2.75) is 57.7 Å². The highest BCUT2D eigenvalue weighted by Gasteiger charge is 2.45. The summed E-state index contributed by atoms with van der Waals surface area (Å²) in [4.78, 5) is 47.7. The molecule has 2 amide bonds. The smallest absolute Gasteiger partial charge is 0.261 e. The number of para-hydroxylation sites is 1. The fourth-order valence-electron chi connectivity index (χ4n) is 5.55. The van der Waals surface area contributed by atoms with E-state index in [1.54, 1.807) is 9.47 Å². The molecule has 1 aromatic heterocycles. The van der Waals surface area contributed by atoms with Crippen molar-refractivity contribution in [3.63, 3.8) is 0 Å². The maximum Gasteiger partial charge on any atom is 0.261 e. The molecule has 3 aliphatic rings. The monoisotopic (exact) mass is 438 g/mol. The van der Waals surface area contributed by atoms with Crippen molar-refractivity contribution in [3.8, 4) is 0 Å². The lowest BCUT2D eigenvalue weighted by Gasteiger charge is -2.30. The minimum atomic E-state index is -0.303. The zero-order valence-corrected chi connectivity index (χ0v) is 18.5. The van der Waals surface area contributed by atoms with Crippen LogP contribution in [0, 0.1) is 5.92 Å². The van der Waals surface area contributed by atoms with Gasteiger partial charge in [-0.2, -0.15) is 0 Å². The summed E-state index contributed by atoms with van der Waals surface area (Å²) in [6.45, 7) is 4.84. The molecule has 2 fully saturated rings. The summed E-state index contributed by atoms with van der Waals surface area (Å²) in [5.41, 5.74) is 0.686. The number of carbonyl (C=O) groups excluding carboxylic acids is 2. The first-order chi connectivity index (χ1) is 15.6. The summed E-state index contributed by atoms with van der Waals surface area (Å²) in [6.07, 6.45) is 3.44. The number of benzene rings is 1. The number of hydrogen-bond donors (Lipinski definition) is 0. The van der Waals surface area contributed by atoms with E-state index >= 15 is 0 Å². The van der Waals surface area contributed by atoms with Gasteiger partial charge in [-0.05, 0) is 38.3 Å². The molecule has 0 N–H and O–H groups in total. The molecule has 2 saturated heterocycles. The standard InChI is InChI=1S/C24H30N4O4/c1-2-32-11-5-10-26-14-16(12-22(26)29)23(30)28-17-8-9-18(28)15-27-21(13-17)25-20-7-4-3-6-19(20)24(27)31/h3-4,6-7,16-18H,2,5,8-15H2,1H3/t16-,17+,18-/m1/s1. The minimum absolute atomic E-state index is 0.0171. The Bertz CT molecular complexity index is 1100. The SMILES string of the molecule is CCOCCCN1C[C@H](C(=O)N2[C@@H]3CC[C@H]2Cc2nc4ccccc4c(=O)n2C3)CC1=O. The molecular formula is C24H30N4O4. The Morgan fingerprint density at radius 3 is 2.78 bits per heavy atom. The lowest BCUT2D eigenvalue weighted by molar-refractivity contribution is -0.138. The fourth-order valence-corrected chi connectivity index (χ4v) is 5.55. The molecule has 0 spiro atoms. The van der Waals surface area contributed by atoms with Crippen LogP contribution in [0.5, 0.6) is 0 Å². The molecule has 5 rings (SSSR count). The Kier molecular flexibility index (Phi) is 5.71. The molecule has 3 atom stereocenters. The topological polar surface area (TPSA) is 84.7 Å². The number of carbonyl (C=O) groups is 2. The highest BCUT2D eigenvalue weighted by molar-refractivity contribution is 5.89. The Labute approximate surface area is 187 Å². The Balaban J connectivity index is 1.34. The summed E-state index contributed by atoms with van der Waals surface area (Å²) >= 11 is 0. The number of ether oxygens (including phenoxy) is 1. The third kappa shape index (κ3) is 3.70.